The third kappa shape index (κ3) is 2.21. The molecular formula is C9H17NO. The van der Waals surface area contributed by atoms with Crippen molar-refractivity contribution in [3.8, 4) is 0 Å². The van der Waals surface area contributed by atoms with Crippen LogP contribution in [0.25, 0.3) is 0 Å². The number of hydrogen-bond acceptors (Lipinski definition) is 1. The van der Waals surface area contributed by atoms with Crippen LogP contribution >= 0.6 is 0 Å². The molecule has 1 saturated carbocycles. The highest BCUT2D eigenvalue weighted by Gasteiger charge is 2.23. The zero-order valence-corrected chi connectivity index (χ0v) is 7.18. The summed E-state index contributed by atoms with van der Waals surface area (Å²) in [5.74, 6) is 0.536. The van der Waals surface area contributed by atoms with Gasteiger partial charge in [0.15, 0.2) is 0 Å². The van der Waals surface area contributed by atoms with E-state index in [1.54, 1.807) is 0 Å². The molecule has 0 bridgehead atoms. The molecule has 1 aliphatic rings. The van der Waals surface area contributed by atoms with Gasteiger partial charge in [0.1, 0.15) is 0 Å². The Hall–Kier alpha value is -0.530. The molecule has 1 atom stereocenters. The molecule has 0 spiro atoms. The fraction of sp³-hybridized carbons (Fsp3) is 0.889. The first-order valence-electron chi connectivity index (χ1n) is 4.51. The smallest absolute Gasteiger partial charge is 0.220 e. The number of carbonyl (C=O) groups is 1. The van der Waals surface area contributed by atoms with Crippen LogP contribution in [0.2, 0.25) is 0 Å². The van der Waals surface area contributed by atoms with Crippen LogP contribution < -0.4 is 5.73 Å². The molecule has 0 aromatic carbocycles. The van der Waals surface area contributed by atoms with E-state index in [1.807, 2.05) is 6.92 Å². The third-order valence-electron chi connectivity index (χ3n) is 2.81. The number of primary amides is 1. The Morgan fingerprint density at radius 2 is 1.91 bits per heavy atom. The van der Waals surface area contributed by atoms with Crippen molar-refractivity contribution in [3.63, 3.8) is 0 Å². The summed E-state index contributed by atoms with van der Waals surface area (Å²) in [4.78, 5) is 10.8. The van der Waals surface area contributed by atoms with E-state index in [0.29, 0.717) is 5.92 Å². The molecule has 64 valence electrons. The lowest BCUT2D eigenvalue weighted by Gasteiger charge is -2.25. The summed E-state index contributed by atoms with van der Waals surface area (Å²) >= 11 is 0. The molecule has 0 heterocycles. The molecule has 1 aliphatic carbocycles. The maximum absolute atomic E-state index is 10.8. The Balaban J connectivity index is 2.38. The molecule has 11 heavy (non-hydrogen) atoms. The molecule has 1 amide bonds. The van der Waals surface area contributed by atoms with Crippen molar-refractivity contribution in [2.24, 2.45) is 17.6 Å². The van der Waals surface area contributed by atoms with Crippen molar-refractivity contribution in [1.82, 2.24) is 0 Å². The molecule has 2 heteroatoms. The van der Waals surface area contributed by atoms with Crippen LogP contribution in [0.15, 0.2) is 0 Å². The first-order valence-corrected chi connectivity index (χ1v) is 4.51. The second-order valence-corrected chi connectivity index (χ2v) is 3.59. The minimum absolute atomic E-state index is 0.0929. The fourth-order valence-corrected chi connectivity index (χ4v) is 1.87. The van der Waals surface area contributed by atoms with E-state index in [4.69, 9.17) is 5.73 Å². The van der Waals surface area contributed by atoms with Crippen molar-refractivity contribution in [3.05, 3.63) is 0 Å². The minimum Gasteiger partial charge on any atom is -0.369 e. The first kappa shape index (κ1) is 8.57. The number of rotatable bonds is 2. The van der Waals surface area contributed by atoms with E-state index in [2.05, 4.69) is 0 Å². The van der Waals surface area contributed by atoms with Gasteiger partial charge in [-0.2, -0.15) is 0 Å². The fourth-order valence-electron chi connectivity index (χ4n) is 1.87. The molecule has 0 aliphatic heterocycles. The van der Waals surface area contributed by atoms with E-state index in [9.17, 15) is 4.79 Å². The van der Waals surface area contributed by atoms with Gasteiger partial charge in [0, 0.05) is 5.92 Å². The summed E-state index contributed by atoms with van der Waals surface area (Å²) in [5.41, 5.74) is 5.23. The predicted molar refractivity (Wildman–Crippen MR) is 44.9 cm³/mol. The van der Waals surface area contributed by atoms with Crippen molar-refractivity contribution in [1.29, 1.82) is 0 Å². The molecule has 2 N–H and O–H groups in total. The van der Waals surface area contributed by atoms with Crippen molar-refractivity contribution in [2.45, 2.75) is 39.0 Å². The average molecular weight is 155 g/mol. The molecule has 1 rings (SSSR count). The van der Waals surface area contributed by atoms with Gasteiger partial charge in [0.25, 0.3) is 0 Å². The molecule has 0 aromatic heterocycles. The highest BCUT2D eigenvalue weighted by atomic mass is 16.1. The number of nitrogens with two attached hydrogens (primary N) is 1. The average Bonchev–Trinajstić information content (AvgIpc) is 2.05. The van der Waals surface area contributed by atoms with E-state index < -0.39 is 0 Å². The number of carbonyl (C=O) groups excluding carboxylic acids is 1. The highest BCUT2D eigenvalue weighted by molar-refractivity contribution is 5.76. The second kappa shape index (κ2) is 3.74. The van der Waals surface area contributed by atoms with Crippen molar-refractivity contribution < 1.29 is 4.79 Å². The Kier molecular flexibility index (Phi) is 2.92. The molecule has 1 unspecified atom stereocenters. The Bertz CT molecular complexity index is 138. The van der Waals surface area contributed by atoms with Crippen LogP contribution in [0.3, 0.4) is 0 Å². The molecule has 2 nitrogen and oxygen atoms in total. The molecule has 0 saturated heterocycles. The molecule has 0 radical (unpaired) electrons. The summed E-state index contributed by atoms with van der Waals surface area (Å²) in [6.45, 7) is 1.96. The van der Waals surface area contributed by atoms with E-state index in [1.165, 1.54) is 32.1 Å². The van der Waals surface area contributed by atoms with E-state index >= 15 is 0 Å². The van der Waals surface area contributed by atoms with Gasteiger partial charge < -0.3 is 5.73 Å². The van der Waals surface area contributed by atoms with Crippen LogP contribution in [-0.2, 0) is 4.79 Å². The topological polar surface area (TPSA) is 43.1 Å². The number of amides is 1. The third-order valence-corrected chi connectivity index (χ3v) is 2.81. The Labute approximate surface area is 68.2 Å². The lowest BCUT2D eigenvalue weighted by molar-refractivity contribution is -0.123. The molecule has 1 fully saturated rings. The minimum atomic E-state index is -0.128. The Morgan fingerprint density at radius 1 is 1.36 bits per heavy atom. The van der Waals surface area contributed by atoms with Crippen molar-refractivity contribution in [2.75, 3.05) is 0 Å². The summed E-state index contributed by atoms with van der Waals surface area (Å²) in [7, 11) is 0. The predicted octanol–water partition coefficient (Wildman–Crippen LogP) is 1.69. The van der Waals surface area contributed by atoms with Crippen molar-refractivity contribution >= 4 is 5.91 Å². The van der Waals surface area contributed by atoms with Crippen LogP contribution in [0.4, 0.5) is 0 Å². The molecular weight excluding hydrogens is 138 g/mol. The summed E-state index contributed by atoms with van der Waals surface area (Å²) in [5, 5.41) is 0. The summed E-state index contributed by atoms with van der Waals surface area (Å²) in [6, 6.07) is 0. The van der Waals surface area contributed by atoms with E-state index in [-0.39, 0.29) is 11.8 Å². The van der Waals surface area contributed by atoms with Gasteiger partial charge in [-0.3, -0.25) is 4.79 Å². The van der Waals surface area contributed by atoms with Gasteiger partial charge in [-0.15, -0.1) is 0 Å². The van der Waals surface area contributed by atoms with Crippen LogP contribution in [0.5, 0.6) is 0 Å². The summed E-state index contributed by atoms with van der Waals surface area (Å²) in [6.07, 6.45) is 6.29. The van der Waals surface area contributed by atoms with Crippen LogP contribution in [0.1, 0.15) is 39.0 Å². The lowest BCUT2D eigenvalue weighted by atomic mass is 9.81. The quantitative estimate of drug-likeness (QED) is 0.648. The maximum Gasteiger partial charge on any atom is 0.220 e. The SMILES string of the molecule is CC(C(N)=O)C1CCCCC1. The van der Waals surface area contributed by atoms with Gasteiger partial charge in [-0.05, 0) is 18.8 Å². The largest absolute Gasteiger partial charge is 0.369 e. The van der Waals surface area contributed by atoms with Crippen LogP contribution in [-0.4, -0.2) is 5.91 Å². The van der Waals surface area contributed by atoms with Crippen LogP contribution in [0, 0.1) is 11.8 Å². The van der Waals surface area contributed by atoms with Gasteiger partial charge in [0.05, 0.1) is 0 Å². The zero-order valence-electron chi connectivity index (χ0n) is 7.18. The number of hydrogen-bond donors (Lipinski definition) is 1. The first-order chi connectivity index (χ1) is 5.22. The highest BCUT2D eigenvalue weighted by Crippen LogP contribution is 2.29. The maximum atomic E-state index is 10.8. The molecule has 0 aromatic rings. The van der Waals surface area contributed by atoms with Gasteiger partial charge in [-0.25, -0.2) is 0 Å². The summed E-state index contributed by atoms with van der Waals surface area (Å²) < 4.78 is 0. The second-order valence-electron chi connectivity index (χ2n) is 3.59. The monoisotopic (exact) mass is 155 g/mol. The van der Waals surface area contributed by atoms with Gasteiger partial charge in [-0.1, -0.05) is 26.2 Å². The Morgan fingerprint density at radius 3 is 2.36 bits per heavy atom. The van der Waals surface area contributed by atoms with E-state index in [0.717, 1.165) is 0 Å². The zero-order chi connectivity index (χ0) is 8.27. The normalized spacial score (nSPS) is 23.0. The standard InChI is InChI=1S/C9H17NO/c1-7(9(10)11)8-5-3-2-4-6-8/h7-8H,2-6H2,1H3,(H2,10,11). The van der Waals surface area contributed by atoms with Gasteiger partial charge in [0.2, 0.25) is 5.91 Å². The lowest BCUT2D eigenvalue weighted by Crippen LogP contribution is -2.28. The van der Waals surface area contributed by atoms with Gasteiger partial charge >= 0.3 is 0 Å².